The highest BCUT2D eigenvalue weighted by Gasteiger charge is 2.57. The largest absolute Gasteiger partial charge is 0.353 e. The summed E-state index contributed by atoms with van der Waals surface area (Å²) in [6.45, 7) is -0.196. The zero-order valence-corrected chi connectivity index (χ0v) is 22.1. The molecule has 0 radical (unpaired) electrons. The van der Waals surface area contributed by atoms with E-state index in [4.69, 9.17) is 0 Å². The molecular formula is C25H29N7O6S. The minimum absolute atomic E-state index is 0.0872. The van der Waals surface area contributed by atoms with Gasteiger partial charge in [-0.2, -0.15) is 0 Å². The van der Waals surface area contributed by atoms with Crippen LogP contribution < -0.4 is 26.8 Å². The molecule has 0 spiro atoms. The lowest BCUT2D eigenvalue weighted by Gasteiger charge is -2.61. The van der Waals surface area contributed by atoms with Gasteiger partial charge in [0.25, 0.3) is 17.4 Å². The van der Waals surface area contributed by atoms with Gasteiger partial charge in [-0.05, 0) is 68.1 Å². The smallest absolute Gasteiger partial charge is 0.287 e. The Kier molecular flexibility index (Phi) is 7.30. The van der Waals surface area contributed by atoms with Gasteiger partial charge in [0, 0.05) is 31.1 Å². The van der Waals surface area contributed by atoms with Gasteiger partial charge in [0.2, 0.25) is 17.6 Å². The van der Waals surface area contributed by atoms with Crippen LogP contribution in [0.4, 0.5) is 5.69 Å². The van der Waals surface area contributed by atoms with Crippen molar-refractivity contribution in [2.24, 2.45) is 5.92 Å². The van der Waals surface area contributed by atoms with Gasteiger partial charge in [0.1, 0.15) is 23.2 Å². The zero-order chi connectivity index (χ0) is 27.7. The van der Waals surface area contributed by atoms with Crippen LogP contribution in [-0.4, -0.2) is 62.2 Å². The summed E-state index contributed by atoms with van der Waals surface area (Å²) in [6, 6.07) is 1.68. The summed E-state index contributed by atoms with van der Waals surface area (Å²) in [4.78, 5) is 75.8. The fourth-order valence-corrected chi connectivity index (χ4v) is 5.75. The van der Waals surface area contributed by atoms with E-state index in [0.717, 1.165) is 43.6 Å². The monoisotopic (exact) mass is 555 g/mol. The number of nitrogens with zero attached hydrogens (tertiary/aromatic N) is 3. The number of rotatable bonds is 12. The fourth-order valence-electron chi connectivity index (χ4n) is 5.10. The molecule has 4 amide bonds. The molecule has 2 bridgehead atoms. The number of anilines is 1. The number of amides is 4. The topological polar surface area (TPSA) is 181 Å². The lowest BCUT2D eigenvalue weighted by Crippen LogP contribution is -2.68. The van der Waals surface area contributed by atoms with Crippen molar-refractivity contribution in [3.8, 4) is 0 Å². The molecule has 1 atom stereocenters. The normalized spacial score (nSPS) is 21.5. The van der Waals surface area contributed by atoms with E-state index in [-0.39, 0.29) is 47.3 Å². The van der Waals surface area contributed by atoms with E-state index in [1.807, 2.05) is 0 Å². The predicted molar refractivity (Wildman–Crippen MR) is 139 cm³/mol. The van der Waals surface area contributed by atoms with Crippen LogP contribution in [0.25, 0.3) is 0 Å². The van der Waals surface area contributed by atoms with Crippen LogP contribution in [0.1, 0.15) is 66.2 Å². The van der Waals surface area contributed by atoms with Gasteiger partial charge < -0.3 is 25.8 Å². The number of hydrogen-bond acceptors (Lipinski definition) is 9. The van der Waals surface area contributed by atoms with Gasteiger partial charge in [-0.25, -0.2) is 0 Å². The molecule has 0 saturated heterocycles. The van der Waals surface area contributed by atoms with E-state index in [1.165, 1.54) is 29.9 Å². The quantitative estimate of drug-likeness (QED) is 0.266. The highest BCUT2D eigenvalue weighted by atomic mass is 32.1. The van der Waals surface area contributed by atoms with Crippen LogP contribution >= 0.6 is 11.5 Å². The Labute approximate surface area is 227 Å². The number of likely N-dealkylation sites (N-methyl/N-ethyl adjacent to an activating group) is 1. The Morgan fingerprint density at radius 2 is 1.92 bits per heavy atom. The van der Waals surface area contributed by atoms with Crippen molar-refractivity contribution < 1.29 is 24.0 Å². The Morgan fingerprint density at radius 1 is 1.18 bits per heavy atom. The van der Waals surface area contributed by atoms with E-state index in [9.17, 15) is 28.8 Å². The highest BCUT2D eigenvalue weighted by Crippen LogP contribution is 2.56. The van der Waals surface area contributed by atoms with Crippen molar-refractivity contribution in [3.63, 3.8) is 0 Å². The summed E-state index contributed by atoms with van der Waals surface area (Å²) in [5.41, 5.74) is -0.230. The van der Waals surface area contributed by atoms with Gasteiger partial charge in [0.15, 0.2) is 0 Å². The number of ketones is 1. The average Bonchev–Trinajstić information content (AvgIpc) is 3.60. The number of Topliss-reactive ketones (excluding diaryl/α,β-unsaturated/α-hetero) is 1. The summed E-state index contributed by atoms with van der Waals surface area (Å²) < 4.78 is 5.06. The molecule has 4 fully saturated rings. The molecule has 6 rings (SSSR count). The molecule has 2 aromatic heterocycles. The van der Waals surface area contributed by atoms with Gasteiger partial charge in [-0.15, -0.1) is 5.10 Å². The number of aromatic nitrogens is 3. The van der Waals surface area contributed by atoms with E-state index in [0.29, 0.717) is 11.6 Å². The summed E-state index contributed by atoms with van der Waals surface area (Å²) >= 11 is 0.912. The van der Waals surface area contributed by atoms with Crippen LogP contribution in [0.3, 0.4) is 0 Å². The average molecular weight is 556 g/mol. The van der Waals surface area contributed by atoms with Crippen LogP contribution in [0, 0.1) is 5.92 Å². The maximum atomic E-state index is 13.2. The van der Waals surface area contributed by atoms with Crippen molar-refractivity contribution >= 4 is 46.6 Å². The summed E-state index contributed by atoms with van der Waals surface area (Å²) in [5.74, 6) is -2.31. The van der Waals surface area contributed by atoms with E-state index >= 15 is 0 Å². The second-order valence-electron chi connectivity index (χ2n) is 10.5. The minimum atomic E-state index is -1.24. The van der Waals surface area contributed by atoms with Crippen LogP contribution in [0.15, 0.2) is 23.1 Å². The highest BCUT2D eigenvalue weighted by molar-refractivity contribution is 7.08. The first-order valence-corrected chi connectivity index (χ1v) is 13.6. The Balaban J connectivity index is 1.27. The van der Waals surface area contributed by atoms with Crippen LogP contribution in [0.2, 0.25) is 0 Å². The first-order valence-electron chi connectivity index (χ1n) is 12.9. The van der Waals surface area contributed by atoms with Crippen molar-refractivity contribution in [1.29, 1.82) is 0 Å². The predicted octanol–water partition coefficient (Wildman–Crippen LogP) is 0.0783. The molecular weight excluding hydrogens is 526 g/mol. The first-order chi connectivity index (χ1) is 18.7. The second-order valence-corrected chi connectivity index (χ2v) is 11.2. The maximum absolute atomic E-state index is 13.2. The first kappa shape index (κ1) is 26.7. The molecule has 13 nitrogen and oxygen atoms in total. The SMILES string of the molecule is CNC(=O)C(=O)CC[C@H](NC(=O)c1snnc1C1CC1)C(=O)Nc1cccn(CC(=O)NC23CC(C2)C3)c1=O. The van der Waals surface area contributed by atoms with Crippen molar-refractivity contribution in [3.05, 3.63) is 39.3 Å². The molecule has 4 aliphatic rings. The van der Waals surface area contributed by atoms with Crippen LogP contribution in [0.5, 0.6) is 0 Å². The van der Waals surface area contributed by atoms with Gasteiger partial charge >= 0.3 is 0 Å². The minimum Gasteiger partial charge on any atom is -0.353 e. The summed E-state index contributed by atoms with van der Waals surface area (Å²) in [7, 11) is 1.32. The number of carbonyl (C=O) groups is 5. The van der Waals surface area contributed by atoms with Gasteiger partial charge in [-0.3, -0.25) is 28.8 Å². The maximum Gasteiger partial charge on any atom is 0.287 e. The van der Waals surface area contributed by atoms with Crippen molar-refractivity contribution in [2.45, 2.75) is 69.0 Å². The molecule has 4 aliphatic carbocycles. The van der Waals surface area contributed by atoms with E-state index in [1.54, 1.807) is 0 Å². The molecule has 0 aliphatic heterocycles. The zero-order valence-electron chi connectivity index (χ0n) is 21.3. The molecule has 206 valence electrons. The van der Waals surface area contributed by atoms with Gasteiger partial charge in [0.05, 0.1) is 5.69 Å². The molecule has 4 saturated carbocycles. The molecule has 0 aromatic carbocycles. The van der Waals surface area contributed by atoms with Crippen molar-refractivity contribution in [2.75, 3.05) is 12.4 Å². The summed E-state index contributed by atoms with van der Waals surface area (Å²) in [6.07, 6.45) is 5.68. The van der Waals surface area contributed by atoms with Gasteiger partial charge in [-0.1, -0.05) is 4.49 Å². The Hall–Kier alpha value is -3.94. The third-order valence-electron chi connectivity index (χ3n) is 7.48. The number of carbonyl (C=O) groups excluding carboxylic acids is 5. The third kappa shape index (κ3) is 5.75. The van der Waals surface area contributed by atoms with Crippen LogP contribution in [-0.2, 0) is 25.7 Å². The van der Waals surface area contributed by atoms with E-state index in [2.05, 4.69) is 30.9 Å². The second kappa shape index (κ2) is 10.7. The summed E-state index contributed by atoms with van der Waals surface area (Å²) in [5, 5.41) is 14.4. The third-order valence-corrected chi connectivity index (χ3v) is 8.22. The molecule has 14 heteroatoms. The Bertz CT molecular complexity index is 1380. The lowest BCUT2D eigenvalue weighted by molar-refractivity contribution is -0.137. The Morgan fingerprint density at radius 3 is 2.56 bits per heavy atom. The number of pyridine rings is 1. The molecule has 0 unspecified atom stereocenters. The molecule has 4 N–H and O–H groups in total. The fraction of sp³-hybridized carbons (Fsp3) is 0.520. The molecule has 2 aromatic rings. The number of hydrogen-bond donors (Lipinski definition) is 4. The molecule has 2 heterocycles. The number of nitrogens with one attached hydrogen (secondary N) is 4. The van der Waals surface area contributed by atoms with E-state index < -0.39 is 35.1 Å². The lowest BCUT2D eigenvalue weighted by atomic mass is 9.50. The standard InChI is InChI=1S/C25H29N7O6S/c1-26-22(36)17(33)7-6-15(27-23(37)20-19(14-4-5-14)30-31-39-20)21(35)28-16-3-2-8-32(24(16)38)12-18(34)29-25-9-13(10-25)11-25/h2-3,8,13-15H,4-7,9-12H2,1H3,(H,26,36)(H,27,37)(H,28,35)(H,29,34)/t13?,15-,25?/m0/s1. The van der Waals surface area contributed by atoms with Crippen molar-refractivity contribution in [1.82, 2.24) is 30.1 Å². The molecule has 39 heavy (non-hydrogen) atoms.